The monoisotopic (exact) mass is 324 g/mol. The van der Waals surface area contributed by atoms with E-state index < -0.39 is 0 Å². The van der Waals surface area contributed by atoms with Crippen LogP contribution in [0, 0.1) is 41.5 Å². The van der Waals surface area contributed by atoms with E-state index in [1.54, 1.807) is 0 Å². The third-order valence-electron chi connectivity index (χ3n) is 3.51. The molecule has 0 aliphatic heterocycles. The predicted molar refractivity (Wildman–Crippen MR) is 72.0 cm³/mol. The molecule has 0 aliphatic carbocycles. The number of hydrogen-bond acceptors (Lipinski definition) is 2. The van der Waals surface area contributed by atoms with E-state index in [2.05, 4.69) is 36.7 Å². The minimum absolute atomic E-state index is 0.0174. The Morgan fingerprint density at radius 2 is 1.33 bits per heavy atom. The molecular formula is C14H22N2OZr. The summed E-state index contributed by atoms with van der Waals surface area (Å²) in [5, 5.41) is 2.77. The number of nitrogens with two attached hydrogens (primary N) is 1. The average Bonchev–Trinajstić information content (AvgIpc) is 2.37. The van der Waals surface area contributed by atoms with Crippen molar-refractivity contribution in [3.63, 3.8) is 0 Å². The van der Waals surface area contributed by atoms with Gasteiger partial charge in [-0.15, -0.1) is 0 Å². The van der Waals surface area contributed by atoms with E-state index in [4.69, 9.17) is 0 Å². The molecule has 4 heteroatoms. The van der Waals surface area contributed by atoms with Gasteiger partial charge in [0, 0.05) is 12.1 Å². The molecule has 1 radical (unpaired) electrons. The Hall–Kier alpha value is -0.467. The Kier molecular flexibility index (Phi) is 7.65. The van der Waals surface area contributed by atoms with Crippen LogP contribution < -0.4 is 8.99 Å². The first-order valence-corrected chi connectivity index (χ1v) is 7.27. The van der Waals surface area contributed by atoms with Crippen molar-refractivity contribution in [3.05, 3.63) is 40.3 Å². The second kappa shape index (κ2) is 7.86. The van der Waals surface area contributed by atoms with Gasteiger partial charge in [0.05, 0.1) is 0 Å². The molecule has 0 aromatic heterocycles. The molecule has 0 bridgehead atoms. The van der Waals surface area contributed by atoms with E-state index in [-0.39, 0.29) is 5.91 Å². The van der Waals surface area contributed by atoms with E-state index >= 15 is 0 Å². The van der Waals surface area contributed by atoms with E-state index in [9.17, 15) is 4.79 Å². The van der Waals surface area contributed by atoms with Crippen LogP contribution in [0.3, 0.4) is 0 Å². The molecule has 0 atom stereocenters. The minimum atomic E-state index is -0.0174. The maximum atomic E-state index is 12.0. The van der Waals surface area contributed by atoms with Crippen LogP contribution in [0.2, 0.25) is 0 Å². The van der Waals surface area contributed by atoms with Crippen molar-refractivity contribution in [2.45, 2.75) is 34.6 Å². The molecule has 0 unspecified atom stereocenters. The molecule has 0 fully saturated rings. The summed E-state index contributed by atoms with van der Waals surface area (Å²) in [5.41, 5.74) is 6.65. The van der Waals surface area contributed by atoms with Crippen LogP contribution in [0.15, 0.2) is 0 Å². The first kappa shape index (κ1) is 17.5. The van der Waals surface area contributed by atoms with Crippen LogP contribution in [-0.4, -0.2) is 12.5 Å². The first-order valence-electron chi connectivity index (χ1n) is 5.85. The van der Waals surface area contributed by atoms with E-state index in [0.29, 0.717) is 6.54 Å². The van der Waals surface area contributed by atoms with Crippen molar-refractivity contribution in [2.75, 3.05) is 6.54 Å². The van der Waals surface area contributed by atoms with Crippen molar-refractivity contribution in [1.82, 2.24) is 5.32 Å². The SMILES string of the molecule is [CH2]CNC(=O)c1c(C)c(C)c(C)c(C)c1C.[NH2][Zr]. The molecule has 0 saturated carbocycles. The summed E-state index contributed by atoms with van der Waals surface area (Å²) < 4.78 is 4.59. The number of carbonyl (C=O) groups excluding carboxylic acids is 1. The number of nitrogens with one attached hydrogen (secondary N) is 1. The standard InChI is InChI=1S/C14H20NO.H2N.Zr/c1-7-15-14(16)13-11(5)9(3)8(2)10(4)12(13)6;;/h1,7H2,2-6H3,(H,15,16);1H2;/q;-1;+1. The van der Waals surface area contributed by atoms with Gasteiger partial charge >= 0.3 is 28.7 Å². The quantitative estimate of drug-likeness (QED) is 0.876. The Morgan fingerprint density at radius 3 is 1.67 bits per heavy atom. The molecule has 1 amide bonds. The summed E-state index contributed by atoms with van der Waals surface area (Å²) in [7, 11) is 0. The zero-order valence-corrected chi connectivity index (χ0v) is 14.4. The molecule has 3 N–H and O–H groups in total. The van der Waals surface area contributed by atoms with Gasteiger partial charge in [0.25, 0.3) is 5.91 Å². The molecule has 0 saturated heterocycles. The van der Waals surface area contributed by atoms with Crippen LogP contribution in [0.1, 0.15) is 38.2 Å². The first-order chi connectivity index (χ1) is 8.41. The Bertz CT molecular complexity index is 413. The molecular weight excluding hydrogens is 303 g/mol. The molecule has 0 heterocycles. The summed E-state index contributed by atoms with van der Waals surface area (Å²) in [6.45, 7) is 14.3. The molecule has 0 aliphatic rings. The normalized spacial score (nSPS) is 9.44. The maximum absolute atomic E-state index is 12.0. The van der Waals surface area contributed by atoms with Crippen molar-refractivity contribution in [3.8, 4) is 0 Å². The molecule has 18 heavy (non-hydrogen) atoms. The number of benzene rings is 1. The molecule has 0 spiro atoms. The van der Waals surface area contributed by atoms with Gasteiger partial charge < -0.3 is 5.32 Å². The van der Waals surface area contributed by atoms with Crippen LogP contribution >= 0.6 is 0 Å². The summed E-state index contributed by atoms with van der Waals surface area (Å²) in [5.74, 6) is -0.0174. The molecule has 98 valence electrons. The topological polar surface area (TPSA) is 55.1 Å². The fourth-order valence-electron chi connectivity index (χ4n) is 2.04. The van der Waals surface area contributed by atoms with Gasteiger partial charge in [0.15, 0.2) is 0 Å². The summed E-state index contributed by atoms with van der Waals surface area (Å²) >= 11 is 1.05. The molecule has 3 nitrogen and oxygen atoms in total. The summed E-state index contributed by atoms with van der Waals surface area (Å²) in [6, 6.07) is 0. The Balaban J connectivity index is 0.00000137. The zero-order chi connectivity index (χ0) is 14.5. The van der Waals surface area contributed by atoms with Crippen molar-refractivity contribution in [1.29, 1.82) is 0 Å². The third kappa shape index (κ3) is 3.52. The van der Waals surface area contributed by atoms with Crippen LogP contribution in [0.5, 0.6) is 0 Å². The molecule has 1 aromatic rings. The van der Waals surface area contributed by atoms with Gasteiger partial charge in [0.2, 0.25) is 0 Å². The summed E-state index contributed by atoms with van der Waals surface area (Å²) in [6.07, 6.45) is 0. The fourth-order valence-corrected chi connectivity index (χ4v) is 2.04. The van der Waals surface area contributed by atoms with Crippen LogP contribution in [-0.2, 0) is 25.0 Å². The van der Waals surface area contributed by atoms with Gasteiger partial charge in [0.1, 0.15) is 0 Å². The van der Waals surface area contributed by atoms with Gasteiger partial charge in [-0.25, -0.2) is 0 Å². The van der Waals surface area contributed by atoms with E-state index in [1.165, 1.54) is 16.7 Å². The number of carbonyl (C=O) groups is 1. The fraction of sp³-hybridized carbons (Fsp3) is 0.429. The number of rotatable bonds is 2. The summed E-state index contributed by atoms with van der Waals surface area (Å²) in [4.78, 5) is 12.0. The van der Waals surface area contributed by atoms with Crippen molar-refractivity contribution >= 4 is 5.91 Å². The second-order valence-electron chi connectivity index (χ2n) is 4.26. The van der Waals surface area contributed by atoms with Crippen LogP contribution in [0.4, 0.5) is 0 Å². The van der Waals surface area contributed by atoms with Gasteiger partial charge in [-0.1, -0.05) is 0 Å². The average molecular weight is 326 g/mol. The zero-order valence-electron chi connectivity index (χ0n) is 11.9. The van der Waals surface area contributed by atoms with E-state index in [0.717, 1.165) is 41.7 Å². The van der Waals surface area contributed by atoms with Gasteiger partial charge in [-0.2, -0.15) is 0 Å². The van der Waals surface area contributed by atoms with Gasteiger partial charge in [-0.3, -0.25) is 4.79 Å². The van der Waals surface area contributed by atoms with E-state index in [1.807, 2.05) is 13.8 Å². The van der Waals surface area contributed by atoms with Crippen molar-refractivity contribution in [2.24, 2.45) is 3.68 Å². The second-order valence-corrected chi connectivity index (χ2v) is 4.26. The number of amides is 1. The molecule has 1 rings (SSSR count). The predicted octanol–water partition coefficient (Wildman–Crippen LogP) is 2.20. The Labute approximate surface area is 126 Å². The van der Waals surface area contributed by atoms with Gasteiger partial charge in [-0.05, 0) is 69.4 Å². The van der Waals surface area contributed by atoms with Crippen molar-refractivity contribution < 1.29 is 29.8 Å². The Morgan fingerprint density at radius 1 is 1.00 bits per heavy atom. The number of hydrogen-bond donors (Lipinski definition) is 2. The van der Waals surface area contributed by atoms with Crippen LogP contribution in [0.25, 0.3) is 0 Å². The third-order valence-corrected chi connectivity index (χ3v) is 3.51. The molecule has 1 aromatic carbocycles.